The normalized spacial score (nSPS) is 16.6. The summed E-state index contributed by atoms with van der Waals surface area (Å²) in [5.74, 6) is -0.0902. The predicted octanol–water partition coefficient (Wildman–Crippen LogP) is 5.96. The largest absolute Gasteiger partial charge is 0.359 e. The molecule has 7 heteroatoms. The number of benzene rings is 1. The van der Waals surface area contributed by atoms with E-state index in [2.05, 4.69) is 47.9 Å². The second-order valence-electron chi connectivity index (χ2n) is 8.63. The Bertz CT molecular complexity index is 957. The Hall–Kier alpha value is -2.12. The van der Waals surface area contributed by atoms with Crippen LogP contribution in [0.4, 0.5) is 4.79 Å². The second kappa shape index (κ2) is 12.9. The van der Waals surface area contributed by atoms with Crippen molar-refractivity contribution in [3.63, 3.8) is 0 Å². The van der Waals surface area contributed by atoms with Gasteiger partial charge in [0.1, 0.15) is 0 Å². The van der Waals surface area contributed by atoms with Crippen molar-refractivity contribution in [2.75, 3.05) is 7.05 Å². The second-order valence-corrected chi connectivity index (χ2v) is 11.0. The molecule has 178 valence electrons. The smallest absolute Gasteiger partial charge is 0.286 e. The molecule has 3 rings (SSSR count). The van der Waals surface area contributed by atoms with Gasteiger partial charge in [-0.25, -0.2) is 0 Å². The van der Waals surface area contributed by atoms with Crippen molar-refractivity contribution in [2.24, 2.45) is 5.92 Å². The first-order chi connectivity index (χ1) is 16.0. The van der Waals surface area contributed by atoms with Crippen LogP contribution in [-0.4, -0.2) is 29.4 Å². The van der Waals surface area contributed by atoms with E-state index in [0.29, 0.717) is 6.42 Å². The molecule has 2 atom stereocenters. The predicted molar refractivity (Wildman–Crippen MR) is 138 cm³/mol. The third kappa shape index (κ3) is 7.71. The van der Waals surface area contributed by atoms with Crippen molar-refractivity contribution >= 4 is 40.2 Å². The number of nitrogens with one attached hydrogen (secondary N) is 2. The fraction of sp³-hybridized carbons (Fsp3) is 0.500. The fourth-order valence-electron chi connectivity index (χ4n) is 4.19. The summed E-state index contributed by atoms with van der Waals surface area (Å²) < 4.78 is 0. The zero-order valence-corrected chi connectivity index (χ0v) is 21.2. The minimum Gasteiger partial charge on any atom is -0.359 e. The van der Waals surface area contributed by atoms with Crippen molar-refractivity contribution in [2.45, 2.75) is 70.0 Å². The van der Waals surface area contributed by atoms with Crippen LogP contribution < -0.4 is 10.6 Å². The van der Waals surface area contributed by atoms with Crippen LogP contribution >= 0.6 is 23.1 Å². The highest BCUT2D eigenvalue weighted by atomic mass is 32.2. The van der Waals surface area contributed by atoms with Crippen molar-refractivity contribution in [3.05, 3.63) is 46.8 Å². The molecule has 5 nitrogen and oxygen atoms in total. The highest BCUT2D eigenvalue weighted by Crippen LogP contribution is 2.32. The molecule has 0 saturated carbocycles. The van der Waals surface area contributed by atoms with Crippen LogP contribution in [0.2, 0.25) is 0 Å². The molecule has 0 bridgehead atoms. The number of thiophene rings is 1. The Morgan fingerprint density at radius 2 is 1.88 bits per heavy atom. The quantitative estimate of drug-likeness (QED) is 0.342. The summed E-state index contributed by atoms with van der Waals surface area (Å²) in [5, 5.41) is 4.59. The van der Waals surface area contributed by atoms with Crippen molar-refractivity contribution < 1.29 is 14.4 Å². The topological polar surface area (TPSA) is 75.3 Å². The minimum atomic E-state index is -0.342. The Morgan fingerprint density at radius 3 is 2.61 bits per heavy atom. The van der Waals surface area contributed by atoms with E-state index in [0.717, 1.165) is 46.3 Å². The lowest BCUT2D eigenvalue weighted by molar-refractivity contribution is -0.124. The molecule has 1 saturated heterocycles. The van der Waals surface area contributed by atoms with Crippen LogP contribution in [0.3, 0.4) is 0 Å². The zero-order valence-electron chi connectivity index (χ0n) is 19.5. The first-order valence-corrected chi connectivity index (χ1v) is 13.6. The number of rotatable bonds is 13. The van der Waals surface area contributed by atoms with Gasteiger partial charge in [0, 0.05) is 29.1 Å². The fourth-order valence-corrected chi connectivity index (χ4v) is 6.19. The molecule has 33 heavy (non-hydrogen) atoms. The Kier molecular flexibility index (Phi) is 10.0. The average Bonchev–Trinajstić information content (AvgIpc) is 3.40. The summed E-state index contributed by atoms with van der Waals surface area (Å²) in [7, 11) is 1.72. The molecule has 1 aliphatic heterocycles. The Balaban J connectivity index is 1.60. The molecule has 1 aromatic heterocycles. The number of imide groups is 1. The third-order valence-electron chi connectivity index (χ3n) is 6.03. The maximum Gasteiger partial charge on any atom is 0.286 e. The highest BCUT2D eigenvalue weighted by Gasteiger charge is 2.31. The van der Waals surface area contributed by atoms with Gasteiger partial charge in [0.2, 0.25) is 11.8 Å². The van der Waals surface area contributed by atoms with Gasteiger partial charge in [-0.2, -0.15) is 0 Å². The maximum absolute atomic E-state index is 12.5. The van der Waals surface area contributed by atoms with Gasteiger partial charge in [0.05, 0.1) is 5.25 Å². The molecule has 3 amide bonds. The molecule has 1 aromatic carbocycles. The van der Waals surface area contributed by atoms with E-state index in [1.54, 1.807) is 18.4 Å². The number of amides is 3. The van der Waals surface area contributed by atoms with E-state index in [1.807, 2.05) is 6.07 Å². The van der Waals surface area contributed by atoms with Crippen molar-refractivity contribution in [1.82, 2.24) is 10.6 Å². The summed E-state index contributed by atoms with van der Waals surface area (Å²) in [5.41, 5.74) is 2.29. The van der Waals surface area contributed by atoms with Gasteiger partial charge in [-0.05, 0) is 36.1 Å². The molecule has 1 aliphatic rings. The lowest BCUT2D eigenvalue weighted by atomic mass is 9.92. The Labute approximate surface area is 205 Å². The van der Waals surface area contributed by atoms with Crippen LogP contribution in [0.1, 0.15) is 62.3 Å². The summed E-state index contributed by atoms with van der Waals surface area (Å²) in [6.45, 7) is 2.22. The molecule has 2 unspecified atom stereocenters. The van der Waals surface area contributed by atoms with Gasteiger partial charge in [-0.1, -0.05) is 81.5 Å². The highest BCUT2D eigenvalue weighted by molar-refractivity contribution is 8.15. The van der Waals surface area contributed by atoms with Gasteiger partial charge >= 0.3 is 0 Å². The van der Waals surface area contributed by atoms with Gasteiger partial charge in [0.15, 0.2) is 0 Å². The molecular formula is C26H34N2O3S2. The van der Waals surface area contributed by atoms with Crippen LogP contribution in [0.5, 0.6) is 0 Å². The van der Waals surface area contributed by atoms with Gasteiger partial charge in [-0.3, -0.25) is 19.7 Å². The number of carbonyl (C=O) groups is 3. The van der Waals surface area contributed by atoms with Crippen LogP contribution in [0.15, 0.2) is 36.4 Å². The zero-order chi connectivity index (χ0) is 23.6. The standard InChI is InChI=1S/C26H34N2O3S2/c1-3-4-5-6-7-8-11-20(24(29)27-2)16-18-10-9-12-19(15-18)22-14-13-21(32-22)17-23-25(30)28-26(31)33-23/h9-10,12-15,20,23H,3-8,11,16-17H2,1-2H3,(H,27,29)(H,28,30,31). The average molecular weight is 487 g/mol. The van der Waals surface area contributed by atoms with Crippen LogP contribution in [0, 0.1) is 5.92 Å². The number of carbonyl (C=O) groups excluding carboxylic acids is 3. The maximum atomic E-state index is 12.5. The molecule has 2 heterocycles. The van der Waals surface area contributed by atoms with Crippen molar-refractivity contribution in [3.8, 4) is 10.4 Å². The molecule has 2 aromatic rings. The number of thioether (sulfide) groups is 1. The molecule has 2 N–H and O–H groups in total. The number of unbranched alkanes of at least 4 members (excludes halogenated alkanes) is 5. The van der Waals surface area contributed by atoms with Crippen molar-refractivity contribution in [1.29, 1.82) is 0 Å². The molecule has 0 aliphatic carbocycles. The van der Waals surface area contributed by atoms with Gasteiger partial charge in [0.25, 0.3) is 5.24 Å². The van der Waals surface area contributed by atoms with E-state index >= 15 is 0 Å². The Morgan fingerprint density at radius 1 is 1.09 bits per heavy atom. The third-order valence-corrected chi connectivity index (χ3v) is 8.17. The molecule has 0 radical (unpaired) electrons. The monoisotopic (exact) mass is 486 g/mol. The number of hydrogen-bond acceptors (Lipinski definition) is 5. The summed E-state index contributed by atoms with van der Waals surface area (Å²) in [6, 6.07) is 12.5. The van der Waals surface area contributed by atoms with E-state index < -0.39 is 0 Å². The number of hydrogen-bond donors (Lipinski definition) is 2. The molecular weight excluding hydrogens is 452 g/mol. The summed E-state index contributed by atoms with van der Waals surface area (Å²) in [4.78, 5) is 38.0. The van der Waals surface area contributed by atoms with E-state index in [-0.39, 0.29) is 28.2 Å². The SMILES string of the molecule is CCCCCCCCC(Cc1cccc(-c2ccc(CC3SC(=O)NC3=O)s2)c1)C(=O)NC. The first kappa shape index (κ1) is 25.5. The van der Waals surface area contributed by atoms with Crippen LogP contribution in [0.25, 0.3) is 10.4 Å². The van der Waals surface area contributed by atoms with Gasteiger partial charge in [-0.15, -0.1) is 11.3 Å². The summed E-state index contributed by atoms with van der Waals surface area (Å²) >= 11 is 2.72. The lowest BCUT2D eigenvalue weighted by Crippen LogP contribution is -2.28. The van der Waals surface area contributed by atoms with Crippen LogP contribution in [-0.2, 0) is 22.4 Å². The molecule has 1 fully saturated rings. The molecule has 0 spiro atoms. The summed E-state index contributed by atoms with van der Waals surface area (Å²) in [6.07, 6.45) is 9.56. The lowest BCUT2D eigenvalue weighted by Gasteiger charge is -2.16. The van der Waals surface area contributed by atoms with Gasteiger partial charge < -0.3 is 5.32 Å². The van der Waals surface area contributed by atoms with E-state index in [1.165, 1.54) is 37.7 Å². The van der Waals surface area contributed by atoms with E-state index in [9.17, 15) is 14.4 Å². The van der Waals surface area contributed by atoms with E-state index in [4.69, 9.17) is 0 Å². The minimum absolute atomic E-state index is 0.00855. The first-order valence-electron chi connectivity index (χ1n) is 11.9.